The fourth-order valence-electron chi connectivity index (χ4n) is 2.39. The molecule has 0 aromatic heterocycles. The zero-order valence-corrected chi connectivity index (χ0v) is 10.7. The minimum atomic E-state index is 0.310. The highest BCUT2D eigenvalue weighted by atomic mass is 16.5. The van der Waals surface area contributed by atoms with Crippen molar-refractivity contribution in [3.8, 4) is 11.5 Å². The highest BCUT2D eigenvalue weighted by molar-refractivity contribution is 5.35. The van der Waals surface area contributed by atoms with Crippen LogP contribution in [0.2, 0.25) is 0 Å². The smallest absolute Gasteiger partial charge is 0.122 e. The second-order valence-electron chi connectivity index (χ2n) is 4.87. The predicted octanol–water partition coefficient (Wildman–Crippen LogP) is 2.49. The molecule has 19 heavy (non-hydrogen) atoms. The summed E-state index contributed by atoms with van der Waals surface area (Å²) in [4.78, 5) is 0. The number of fused-ring (bicyclic) bond motifs is 1. The second-order valence-corrected chi connectivity index (χ2v) is 4.87. The molecule has 0 amide bonds. The Balaban J connectivity index is 1.61. The van der Waals surface area contributed by atoms with Gasteiger partial charge in [0.2, 0.25) is 0 Å². The van der Waals surface area contributed by atoms with E-state index in [1.54, 1.807) is 12.1 Å². The fraction of sp³-hybridized carbons (Fsp3) is 0.250. The average Bonchev–Trinajstić information content (AvgIpc) is 2.45. The van der Waals surface area contributed by atoms with Crippen LogP contribution in [0.1, 0.15) is 11.1 Å². The Labute approximate surface area is 112 Å². The Morgan fingerprint density at radius 2 is 2.05 bits per heavy atom. The van der Waals surface area contributed by atoms with Gasteiger partial charge in [0.25, 0.3) is 0 Å². The van der Waals surface area contributed by atoms with E-state index in [-0.39, 0.29) is 0 Å². The normalized spacial score (nSPS) is 17.6. The second kappa shape index (κ2) is 5.33. The first-order valence-corrected chi connectivity index (χ1v) is 6.53. The molecule has 1 heterocycles. The maximum absolute atomic E-state index is 9.43. The van der Waals surface area contributed by atoms with Gasteiger partial charge < -0.3 is 15.2 Å². The first kappa shape index (κ1) is 12.1. The van der Waals surface area contributed by atoms with Gasteiger partial charge in [-0.2, -0.15) is 0 Å². The molecule has 98 valence electrons. The van der Waals surface area contributed by atoms with Gasteiger partial charge in [-0.25, -0.2) is 0 Å². The zero-order chi connectivity index (χ0) is 13.1. The van der Waals surface area contributed by atoms with Crippen LogP contribution in [0.15, 0.2) is 48.5 Å². The van der Waals surface area contributed by atoms with E-state index >= 15 is 0 Å². The number of aromatic hydroxyl groups is 1. The summed E-state index contributed by atoms with van der Waals surface area (Å²) in [6.45, 7) is 1.43. The number of hydrogen-bond acceptors (Lipinski definition) is 3. The monoisotopic (exact) mass is 255 g/mol. The lowest BCUT2D eigenvalue weighted by atomic mass is 10.0. The maximum Gasteiger partial charge on any atom is 0.122 e. The third-order valence-electron chi connectivity index (χ3n) is 3.38. The minimum absolute atomic E-state index is 0.310. The molecule has 2 N–H and O–H groups in total. The topological polar surface area (TPSA) is 41.5 Å². The molecule has 0 bridgehead atoms. The van der Waals surface area contributed by atoms with Crippen molar-refractivity contribution in [2.45, 2.75) is 19.0 Å². The minimum Gasteiger partial charge on any atom is -0.508 e. The average molecular weight is 255 g/mol. The first-order chi connectivity index (χ1) is 9.31. The molecule has 0 saturated carbocycles. The predicted molar refractivity (Wildman–Crippen MR) is 74.4 cm³/mol. The summed E-state index contributed by atoms with van der Waals surface area (Å²) in [6.07, 6.45) is 0.981. The van der Waals surface area contributed by atoms with Crippen molar-refractivity contribution in [1.29, 1.82) is 0 Å². The molecule has 0 radical (unpaired) electrons. The molecule has 2 aromatic carbocycles. The third kappa shape index (κ3) is 2.88. The molecule has 0 fully saturated rings. The number of hydrogen-bond donors (Lipinski definition) is 2. The summed E-state index contributed by atoms with van der Waals surface area (Å²) in [5.41, 5.74) is 2.33. The third-order valence-corrected chi connectivity index (χ3v) is 3.38. The van der Waals surface area contributed by atoms with Crippen molar-refractivity contribution >= 4 is 0 Å². The van der Waals surface area contributed by atoms with E-state index in [9.17, 15) is 5.11 Å². The van der Waals surface area contributed by atoms with E-state index in [0.29, 0.717) is 18.4 Å². The summed E-state index contributed by atoms with van der Waals surface area (Å²) in [5.74, 6) is 1.31. The van der Waals surface area contributed by atoms with Gasteiger partial charge in [0.05, 0.1) is 0 Å². The van der Waals surface area contributed by atoms with Gasteiger partial charge in [0, 0.05) is 12.6 Å². The van der Waals surface area contributed by atoms with E-state index in [4.69, 9.17) is 4.74 Å². The first-order valence-electron chi connectivity index (χ1n) is 6.53. The van der Waals surface area contributed by atoms with Gasteiger partial charge in [-0.05, 0) is 35.7 Å². The summed E-state index contributed by atoms with van der Waals surface area (Å²) >= 11 is 0. The van der Waals surface area contributed by atoms with Crippen LogP contribution in [0.3, 0.4) is 0 Å². The van der Waals surface area contributed by atoms with Crippen LogP contribution in [0.5, 0.6) is 11.5 Å². The lowest BCUT2D eigenvalue weighted by molar-refractivity contribution is 0.238. The summed E-state index contributed by atoms with van der Waals surface area (Å²) < 4.78 is 5.74. The molecule has 0 spiro atoms. The van der Waals surface area contributed by atoms with Crippen LogP contribution in [0.4, 0.5) is 0 Å². The molecule has 1 atom stereocenters. The van der Waals surface area contributed by atoms with Crippen molar-refractivity contribution < 1.29 is 9.84 Å². The van der Waals surface area contributed by atoms with E-state index in [1.807, 2.05) is 30.3 Å². The Morgan fingerprint density at radius 3 is 2.95 bits per heavy atom. The van der Waals surface area contributed by atoms with Crippen LogP contribution in [-0.2, 0) is 13.0 Å². The number of phenolic OH excluding ortho intramolecular Hbond substituents is 1. The van der Waals surface area contributed by atoms with E-state index in [2.05, 4.69) is 11.4 Å². The van der Waals surface area contributed by atoms with Crippen molar-refractivity contribution in [3.05, 3.63) is 59.7 Å². The quantitative estimate of drug-likeness (QED) is 0.885. The molecule has 3 heteroatoms. The Morgan fingerprint density at radius 1 is 1.16 bits per heavy atom. The van der Waals surface area contributed by atoms with Crippen LogP contribution < -0.4 is 10.1 Å². The number of para-hydroxylation sites is 1. The number of ether oxygens (including phenoxy) is 1. The number of benzene rings is 2. The van der Waals surface area contributed by atoms with Gasteiger partial charge in [0.1, 0.15) is 18.1 Å². The van der Waals surface area contributed by atoms with Crippen LogP contribution in [0, 0.1) is 0 Å². The van der Waals surface area contributed by atoms with Gasteiger partial charge in [-0.1, -0.05) is 30.3 Å². The standard InChI is InChI=1S/C16H17NO2/c18-15-6-3-4-12(8-15)10-17-14-9-13-5-1-2-7-16(13)19-11-14/h1-8,14,17-18H,9-11H2/t14-/m1/s1. The lowest BCUT2D eigenvalue weighted by Gasteiger charge is -2.26. The van der Waals surface area contributed by atoms with Gasteiger partial charge in [-0.3, -0.25) is 0 Å². The molecular formula is C16H17NO2. The van der Waals surface area contributed by atoms with Gasteiger partial charge in [-0.15, -0.1) is 0 Å². The maximum atomic E-state index is 9.43. The Hall–Kier alpha value is -2.00. The molecule has 0 unspecified atom stereocenters. The van der Waals surface area contributed by atoms with Crippen molar-refractivity contribution in [2.24, 2.45) is 0 Å². The van der Waals surface area contributed by atoms with Gasteiger partial charge >= 0.3 is 0 Å². The fourth-order valence-corrected chi connectivity index (χ4v) is 2.39. The molecular weight excluding hydrogens is 238 g/mol. The van der Waals surface area contributed by atoms with Crippen LogP contribution >= 0.6 is 0 Å². The molecule has 1 aliphatic rings. The molecule has 3 nitrogen and oxygen atoms in total. The molecule has 1 aliphatic heterocycles. The molecule has 0 saturated heterocycles. The van der Waals surface area contributed by atoms with Crippen LogP contribution in [-0.4, -0.2) is 17.8 Å². The number of phenols is 1. The molecule has 2 aromatic rings. The summed E-state index contributed by atoms with van der Waals surface area (Å²) in [7, 11) is 0. The SMILES string of the molecule is Oc1cccc(CN[C@H]2COc3ccccc3C2)c1. The van der Waals surface area contributed by atoms with E-state index in [0.717, 1.165) is 24.3 Å². The van der Waals surface area contributed by atoms with Crippen molar-refractivity contribution in [2.75, 3.05) is 6.61 Å². The number of nitrogens with one attached hydrogen (secondary N) is 1. The summed E-state index contributed by atoms with van der Waals surface area (Å²) in [5, 5.41) is 12.9. The highest BCUT2D eigenvalue weighted by Gasteiger charge is 2.18. The van der Waals surface area contributed by atoms with Crippen molar-refractivity contribution in [3.63, 3.8) is 0 Å². The largest absolute Gasteiger partial charge is 0.508 e. The summed E-state index contributed by atoms with van der Waals surface area (Å²) in [6, 6.07) is 15.8. The highest BCUT2D eigenvalue weighted by Crippen LogP contribution is 2.24. The van der Waals surface area contributed by atoms with Crippen LogP contribution in [0.25, 0.3) is 0 Å². The Kier molecular flexibility index (Phi) is 3.38. The van der Waals surface area contributed by atoms with E-state index in [1.165, 1.54) is 5.56 Å². The Bertz CT molecular complexity index is 568. The van der Waals surface area contributed by atoms with E-state index < -0.39 is 0 Å². The van der Waals surface area contributed by atoms with Crippen molar-refractivity contribution in [1.82, 2.24) is 5.32 Å². The lowest BCUT2D eigenvalue weighted by Crippen LogP contribution is -2.38. The zero-order valence-electron chi connectivity index (χ0n) is 10.7. The number of rotatable bonds is 3. The molecule has 3 rings (SSSR count). The van der Waals surface area contributed by atoms with Gasteiger partial charge in [0.15, 0.2) is 0 Å². The molecule has 0 aliphatic carbocycles.